The molecule has 0 N–H and O–H groups in total. The van der Waals surface area contributed by atoms with Crippen molar-refractivity contribution in [1.29, 1.82) is 0 Å². The molecule has 0 amide bonds. The Balaban J connectivity index is 1.61. The highest BCUT2D eigenvalue weighted by molar-refractivity contribution is 9.10. The van der Waals surface area contributed by atoms with Gasteiger partial charge in [-0.2, -0.15) is 0 Å². The highest BCUT2D eigenvalue weighted by Crippen LogP contribution is 2.47. The maximum atomic E-state index is 3.67. The van der Waals surface area contributed by atoms with E-state index in [1.54, 1.807) is 0 Å². The molecule has 0 saturated heterocycles. The Labute approximate surface area is 198 Å². The number of hydrogen-bond donors (Lipinski definition) is 0. The average Bonchev–Trinajstić information content (AvgIpc) is 3.25. The molecule has 1 aliphatic rings. The monoisotopic (exact) mass is 527 g/mol. The van der Waals surface area contributed by atoms with E-state index in [1.165, 1.54) is 55.2 Å². The number of rotatable bonds is 2. The first-order valence-corrected chi connectivity index (χ1v) is 12.1. The molecule has 0 fully saturated rings. The summed E-state index contributed by atoms with van der Waals surface area (Å²) in [7, 11) is 0. The minimum absolute atomic E-state index is 0.966. The Hall–Kier alpha value is -2.62. The van der Waals surface area contributed by atoms with Gasteiger partial charge in [-0.1, -0.05) is 68.3 Å². The Kier molecular flexibility index (Phi) is 4.45. The molecule has 4 aromatic carbocycles. The highest BCUT2D eigenvalue weighted by Gasteiger charge is 2.24. The Morgan fingerprint density at radius 1 is 0.677 bits per heavy atom. The Morgan fingerprint density at radius 2 is 1.32 bits per heavy atom. The molecule has 1 heterocycles. The topological polar surface area (TPSA) is 4.93 Å². The molecule has 150 valence electrons. The van der Waals surface area contributed by atoms with E-state index in [-0.39, 0.29) is 0 Å². The number of nitrogens with zero attached hydrogens (tertiary/aromatic N) is 1. The summed E-state index contributed by atoms with van der Waals surface area (Å²) in [6.45, 7) is 3.18. The zero-order valence-electron chi connectivity index (χ0n) is 17.0. The van der Waals surface area contributed by atoms with Crippen LogP contribution in [0.3, 0.4) is 0 Å². The van der Waals surface area contributed by atoms with Crippen molar-refractivity contribution in [1.82, 2.24) is 4.57 Å². The number of halogens is 2. The number of para-hydroxylation sites is 1. The van der Waals surface area contributed by atoms with E-state index in [1.807, 2.05) is 0 Å². The number of benzene rings is 4. The molecule has 0 atom stereocenters. The molecule has 6 rings (SSSR count). The number of aryl methyl sites for hydroxylation is 1. The van der Waals surface area contributed by atoms with E-state index in [9.17, 15) is 0 Å². The van der Waals surface area contributed by atoms with Crippen LogP contribution in [0.2, 0.25) is 0 Å². The first-order chi connectivity index (χ1) is 15.1. The second-order valence-corrected chi connectivity index (χ2v) is 9.81. The lowest BCUT2D eigenvalue weighted by atomic mass is 10.00. The van der Waals surface area contributed by atoms with Crippen LogP contribution >= 0.6 is 31.9 Å². The average molecular weight is 529 g/mol. The van der Waals surface area contributed by atoms with Crippen molar-refractivity contribution >= 4 is 65.3 Å². The maximum absolute atomic E-state index is 3.67. The van der Waals surface area contributed by atoms with E-state index in [4.69, 9.17) is 0 Å². The predicted molar refractivity (Wildman–Crippen MR) is 139 cm³/mol. The van der Waals surface area contributed by atoms with Crippen LogP contribution in [-0.2, 0) is 6.54 Å². The molecule has 0 bridgehead atoms. The van der Waals surface area contributed by atoms with Gasteiger partial charge in [-0.15, -0.1) is 0 Å². The van der Waals surface area contributed by atoms with E-state index in [2.05, 4.69) is 128 Å². The smallest absolute Gasteiger partial charge is 0.0491 e. The summed E-state index contributed by atoms with van der Waals surface area (Å²) in [6, 6.07) is 28.7. The van der Waals surface area contributed by atoms with Gasteiger partial charge in [0.2, 0.25) is 0 Å². The van der Waals surface area contributed by atoms with Gasteiger partial charge in [0.25, 0.3) is 0 Å². The van der Waals surface area contributed by atoms with Gasteiger partial charge in [0.15, 0.2) is 0 Å². The van der Waals surface area contributed by atoms with Crippen LogP contribution in [0.5, 0.6) is 0 Å². The lowest BCUT2D eigenvalue weighted by molar-refractivity contribution is 0.827. The summed E-state index contributed by atoms with van der Waals surface area (Å²) < 4.78 is 4.60. The van der Waals surface area contributed by atoms with Crippen LogP contribution in [0, 0.1) is 0 Å². The normalized spacial score (nSPS) is 12.4. The van der Waals surface area contributed by atoms with Gasteiger partial charge in [0.05, 0.1) is 0 Å². The van der Waals surface area contributed by atoms with Crippen LogP contribution in [0.15, 0.2) is 87.8 Å². The number of fused-ring (bicyclic) bond motifs is 6. The fourth-order valence-electron chi connectivity index (χ4n) is 4.92. The zero-order valence-corrected chi connectivity index (χ0v) is 20.2. The lowest BCUT2D eigenvalue weighted by Gasteiger charge is -2.06. The molecule has 0 saturated carbocycles. The van der Waals surface area contributed by atoms with Gasteiger partial charge in [-0.3, -0.25) is 0 Å². The number of aromatic nitrogens is 1. The molecule has 0 radical (unpaired) electrons. The quantitative estimate of drug-likeness (QED) is 0.211. The molecular formula is C28H19Br2N. The summed E-state index contributed by atoms with van der Waals surface area (Å²) in [6.07, 6.45) is 2.33. The summed E-state index contributed by atoms with van der Waals surface area (Å²) in [4.78, 5) is 0. The molecule has 0 spiro atoms. The predicted octanol–water partition coefficient (Wildman–Crippen LogP) is 8.91. The van der Waals surface area contributed by atoms with Crippen molar-refractivity contribution < 1.29 is 0 Å². The Morgan fingerprint density at radius 3 is 2.00 bits per heavy atom. The lowest BCUT2D eigenvalue weighted by Crippen LogP contribution is -1.92. The first-order valence-electron chi connectivity index (χ1n) is 10.5. The van der Waals surface area contributed by atoms with E-state index in [0.29, 0.717) is 0 Å². The number of hydrogen-bond acceptors (Lipinski definition) is 0. The van der Waals surface area contributed by atoms with E-state index < -0.39 is 0 Å². The van der Waals surface area contributed by atoms with Crippen molar-refractivity contribution in [3.8, 4) is 11.1 Å². The van der Waals surface area contributed by atoms with Gasteiger partial charge in [0, 0.05) is 37.3 Å². The molecule has 1 aliphatic carbocycles. The van der Waals surface area contributed by atoms with Crippen molar-refractivity contribution in [3.63, 3.8) is 0 Å². The molecule has 1 aromatic heterocycles. The minimum atomic E-state index is 0.966. The largest absolute Gasteiger partial charge is 0.341 e. The second kappa shape index (κ2) is 7.22. The Bertz CT molecular complexity index is 1480. The van der Waals surface area contributed by atoms with Crippen molar-refractivity contribution in [2.75, 3.05) is 0 Å². The van der Waals surface area contributed by atoms with Gasteiger partial charge in [-0.05, 0) is 88.9 Å². The third kappa shape index (κ3) is 2.95. The minimum Gasteiger partial charge on any atom is -0.341 e. The standard InChI is InChI=1S/C28H19Br2N/c1-2-31-27-6-4-3-5-22(27)26-14-17(7-12-28(26)31)13-23-24-15-18(29)8-10-20(24)21-11-9-19(30)16-25(21)23/h3-16H,2H2,1H3. The van der Waals surface area contributed by atoms with E-state index >= 15 is 0 Å². The van der Waals surface area contributed by atoms with E-state index in [0.717, 1.165) is 15.5 Å². The fraction of sp³-hybridized carbons (Fsp3) is 0.0714. The summed E-state index contributed by atoms with van der Waals surface area (Å²) in [5, 5.41) is 2.63. The van der Waals surface area contributed by atoms with Crippen LogP contribution in [-0.4, -0.2) is 4.57 Å². The van der Waals surface area contributed by atoms with Gasteiger partial charge >= 0.3 is 0 Å². The summed E-state index contributed by atoms with van der Waals surface area (Å²) >= 11 is 7.34. The van der Waals surface area contributed by atoms with Crippen LogP contribution in [0.4, 0.5) is 0 Å². The fourth-order valence-corrected chi connectivity index (χ4v) is 5.64. The summed E-state index contributed by atoms with van der Waals surface area (Å²) in [5.74, 6) is 0. The molecule has 3 heteroatoms. The maximum Gasteiger partial charge on any atom is 0.0491 e. The molecule has 1 nitrogen and oxygen atoms in total. The molecule has 0 aliphatic heterocycles. The molecule has 0 unspecified atom stereocenters. The molecule has 31 heavy (non-hydrogen) atoms. The molecule has 5 aromatic rings. The third-order valence-electron chi connectivity index (χ3n) is 6.26. The van der Waals surface area contributed by atoms with Crippen LogP contribution in [0.1, 0.15) is 23.6 Å². The molecular weight excluding hydrogens is 510 g/mol. The van der Waals surface area contributed by atoms with Crippen molar-refractivity contribution in [3.05, 3.63) is 104 Å². The third-order valence-corrected chi connectivity index (χ3v) is 7.24. The van der Waals surface area contributed by atoms with Crippen molar-refractivity contribution in [2.45, 2.75) is 13.5 Å². The zero-order chi connectivity index (χ0) is 21.1. The second-order valence-electron chi connectivity index (χ2n) is 7.98. The first kappa shape index (κ1) is 19.1. The highest BCUT2D eigenvalue weighted by atomic mass is 79.9. The van der Waals surface area contributed by atoms with Gasteiger partial charge in [-0.25, -0.2) is 0 Å². The van der Waals surface area contributed by atoms with Crippen LogP contribution < -0.4 is 0 Å². The van der Waals surface area contributed by atoms with Gasteiger partial charge in [0.1, 0.15) is 0 Å². The van der Waals surface area contributed by atoms with Crippen LogP contribution in [0.25, 0.3) is 44.6 Å². The van der Waals surface area contributed by atoms with Crippen molar-refractivity contribution in [2.24, 2.45) is 0 Å². The SMILES string of the molecule is CCn1c2ccccc2c2cc(C=C3c4cc(Br)ccc4-c4ccc(Br)cc43)ccc21. The van der Waals surface area contributed by atoms with Gasteiger partial charge < -0.3 is 4.57 Å². The summed E-state index contributed by atoms with van der Waals surface area (Å²) in [5.41, 5.74) is 10.2.